The summed E-state index contributed by atoms with van der Waals surface area (Å²) in [6.07, 6.45) is 2.08. The zero-order valence-corrected chi connectivity index (χ0v) is 12.1. The van der Waals surface area contributed by atoms with Crippen LogP contribution in [0, 0.1) is 6.92 Å². The van der Waals surface area contributed by atoms with Crippen molar-refractivity contribution in [3.8, 4) is 5.75 Å². The highest BCUT2D eigenvalue weighted by Gasteiger charge is 2.19. The number of aromatic nitrogens is 2. The number of ether oxygens (including phenoxy) is 1. The van der Waals surface area contributed by atoms with E-state index in [-0.39, 0.29) is 12.4 Å². The molecule has 0 radical (unpaired) electrons. The van der Waals surface area contributed by atoms with E-state index in [0.29, 0.717) is 0 Å². The molecule has 0 atom stereocenters. The van der Waals surface area contributed by atoms with Crippen LogP contribution < -0.4 is 21.7 Å². The predicted molar refractivity (Wildman–Crippen MR) is 73.0 cm³/mol. The Kier molecular flexibility index (Phi) is 3.67. The first-order chi connectivity index (χ1) is 8.76. The normalized spacial score (nSPS) is 10.7. The van der Waals surface area contributed by atoms with E-state index in [1.54, 1.807) is 7.11 Å². The van der Waals surface area contributed by atoms with Gasteiger partial charge in [0.2, 0.25) is 11.9 Å². The second kappa shape index (κ2) is 5.10. The summed E-state index contributed by atoms with van der Waals surface area (Å²) in [6.45, 7) is 5.22. The topological polar surface area (TPSA) is 28.9 Å². The summed E-state index contributed by atoms with van der Waals surface area (Å²) in [4.78, 5) is 3.49. The van der Waals surface area contributed by atoms with E-state index in [2.05, 4.69) is 47.8 Å². The third-order valence-electron chi connectivity index (χ3n) is 3.58. The minimum absolute atomic E-state index is 0. The third-order valence-corrected chi connectivity index (χ3v) is 3.58. The van der Waals surface area contributed by atoms with Gasteiger partial charge in [0.15, 0.2) is 5.75 Å². The van der Waals surface area contributed by atoms with Gasteiger partial charge in [-0.3, -0.25) is 0 Å². The maximum absolute atomic E-state index is 5.55. The minimum Gasteiger partial charge on any atom is -1.00 e. The van der Waals surface area contributed by atoms with Gasteiger partial charge in [-0.05, 0) is 13.0 Å². The summed E-state index contributed by atoms with van der Waals surface area (Å²) in [6, 6.07) is 8.34. The van der Waals surface area contributed by atoms with Crippen molar-refractivity contribution >= 4 is 21.8 Å². The Labute approximate surface area is 118 Å². The Hall–Kier alpha value is -1.74. The second-order valence-corrected chi connectivity index (χ2v) is 4.49. The molecule has 100 valence electrons. The van der Waals surface area contributed by atoms with Crippen molar-refractivity contribution < 1.29 is 21.7 Å². The molecular formula is C15H17ClN2O. The van der Waals surface area contributed by atoms with Crippen LogP contribution in [0.5, 0.6) is 5.75 Å². The number of halogens is 1. The number of para-hydroxylation sites is 1. The average Bonchev–Trinajstić information content (AvgIpc) is 2.80. The third kappa shape index (κ3) is 1.94. The SMILES string of the molecule is CC[n+]1cc(OC)c2c([nH]c3ccccc32)c1C.[Cl-]. The molecule has 0 aliphatic rings. The molecule has 0 bridgehead atoms. The first-order valence-corrected chi connectivity index (χ1v) is 6.23. The van der Waals surface area contributed by atoms with E-state index in [9.17, 15) is 0 Å². The maximum atomic E-state index is 5.55. The standard InChI is InChI=1S/C15H16N2O.ClH/c1-4-17-9-13(18-3)14-11-7-5-6-8-12(11)16-15(14)10(17)2;/h5-9H,4H2,1-3H3;1H. The van der Waals surface area contributed by atoms with Gasteiger partial charge in [0, 0.05) is 17.8 Å². The monoisotopic (exact) mass is 276 g/mol. The zero-order valence-electron chi connectivity index (χ0n) is 11.3. The molecule has 0 aliphatic heterocycles. The van der Waals surface area contributed by atoms with E-state index in [1.165, 1.54) is 16.5 Å². The molecule has 3 nitrogen and oxygen atoms in total. The van der Waals surface area contributed by atoms with Crippen LogP contribution >= 0.6 is 0 Å². The lowest BCUT2D eigenvalue weighted by Gasteiger charge is -2.04. The average molecular weight is 277 g/mol. The van der Waals surface area contributed by atoms with Gasteiger partial charge in [0.1, 0.15) is 12.1 Å². The number of hydrogen-bond donors (Lipinski definition) is 1. The number of aromatic amines is 1. The fourth-order valence-corrected chi connectivity index (χ4v) is 2.60. The molecular weight excluding hydrogens is 260 g/mol. The molecule has 4 heteroatoms. The molecule has 0 aliphatic carbocycles. The summed E-state index contributed by atoms with van der Waals surface area (Å²) in [5.41, 5.74) is 3.56. The summed E-state index contributed by atoms with van der Waals surface area (Å²) in [7, 11) is 1.73. The predicted octanol–water partition coefficient (Wildman–Crippen LogP) is -0.0505. The van der Waals surface area contributed by atoms with Crippen molar-refractivity contribution in [1.29, 1.82) is 0 Å². The molecule has 0 fully saturated rings. The number of hydrogen-bond acceptors (Lipinski definition) is 1. The Balaban J connectivity index is 0.00000133. The number of H-pyrrole nitrogens is 1. The number of methoxy groups -OCH3 is 1. The van der Waals surface area contributed by atoms with Crippen LogP contribution in [0.15, 0.2) is 30.5 Å². The zero-order chi connectivity index (χ0) is 12.7. The molecule has 1 N–H and O–H groups in total. The molecule has 2 aromatic heterocycles. The smallest absolute Gasteiger partial charge is 0.212 e. The van der Waals surface area contributed by atoms with Crippen molar-refractivity contribution in [2.45, 2.75) is 20.4 Å². The molecule has 0 unspecified atom stereocenters. The molecule has 1 aromatic carbocycles. The second-order valence-electron chi connectivity index (χ2n) is 4.49. The van der Waals surface area contributed by atoms with Crippen LogP contribution in [0.1, 0.15) is 12.6 Å². The lowest BCUT2D eigenvalue weighted by Crippen LogP contribution is -3.00. The van der Waals surface area contributed by atoms with Crippen LogP contribution in [-0.4, -0.2) is 12.1 Å². The Morgan fingerprint density at radius 2 is 2.00 bits per heavy atom. The largest absolute Gasteiger partial charge is 1.00 e. The molecule has 0 amide bonds. The van der Waals surface area contributed by atoms with Gasteiger partial charge in [-0.15, -0.1) is 0 Å². The maximum Gasteiger partial charge on any atom is 0.212 e. The number of pyridine rings is 1. The van der Waals surface area contributed by atoms with Crippen molar-refractivity contribution in [1.82, 2.24) is 4.98 Å². The quantitative estimate of drug-likeness (QED) is 0.654. The van der Waals surface area contributed by atoms with E-state index in [1.807, 2.05) is 6.07 Å². The highest BCUT2D eigenvalue weighted by atomic mass is 35.5. The summed E-state index contributed by atoms with van der Waals surface area (Å²) < 4.78 is 7.76. The van der Waals surface area contributed by atoms with Crippen LogP contribution in [0.3, 0.4) is 0 Å². The first-order valence-electron chi connectivity index (χ1n) is 6.23. The van der Waals surface area contributed by atoms with Gasteiger partial charge in [-0.1, -0.05) is 18.2 Å². The Bertz CT molecular complexity index is 734. The number of rotatable bonds is 2. The van der Waals surface area contributed by atoms with Gasteiger partial charge >= 0.3 is 0 Å². The highest BCUT2D eigenvalue weighted by Crippen LogP contribution is 2.32. The highest BCUT2D eigenvalue weighted by molar-refractivity contribution is 6.10. The van der Waals surface area contributed by atoms with Gasteiger partial charge in [-0.2, -0.15) is 4.57 Å². The first kappa shape index (κ1) is 13.7. The fraction of sp³-hybridized carbons (Fsp3) is 0.267. The molecule has 3 aromatic rings. The Morgan fingerprint density at radius 1 is 1.26 bits per heavy atom. The van der Waals surface area contributed by atoms with Crippen LogP contribution in [0.4, 0.5) is 0 Å². The Morgan fingerprint density at radius 3 is 2.68 bits per heavy atom. The minimum atomic E-state index is 0. The van der Waals surface area contributed by atoms with Gasteiger partial charge in [-0.25, -0.2) is 0 Å². The van der Waals surface area contributed by atoms with Crippen molar-refractivity contribution in [2.75, 3.05) is 7.11 Å². The van der Waals surface area contributed by atoms with E-state index in [0.717, 1.165) is 23.3 Å². The number of benzene rings is 1. The molecule has 0 saturated heterocycles. The molecule has 0 spiro atoms. The molecule has 0 saturated carbocycles. The van der Waals surface area contributed by atoms with Crippen LogP contribution in [-0.2, 0) is 6.54 Å². The lowest BCUT2D eigenvalue weighted by molar-refractivity contribution is -0.698. The van der Waals surface area contributed by atoms with Crippen LogP contribution in [0.2, 0.25) is 0 Å². The summed E-state index contributed by atoms with van der Waals surface area (Å²) in [5.74, 6) is 0.926. The van der Waals surface area contributed by atoms with E-state index in [4.69, 9.17) is 4.74 Å². The lowest BCUT2D eigenvalue weighted by atomic mass is 10.1. The van der Waals surface area contributed by atoms with Crippen LogP contribution in [0.25, 0.3) is 21.8 Å². The van der Waals surface area contributed by atoms with Gasteiger partial charge in [0.25, 0.3) is 0 Å². The molecule has 2 heterocycles. The summed E-state index contributed by atoms with van der Waals surface area (Å²) in [5, 5.41) is 2.39. The summed E-state index contributed by atoms with van der Waals surface area (Å²) >= 11 is 0. The van der Waals surface area contributed by atoms with E-state index < -0.39 is 0 Å². The van der Waals surface area contributed by atoms with Crippen molar-refractivity contribution in [3.05, 3.63) is 36.2 Å². The molecule has 3 rings (SSSR count). The number of nitrogens with one attached hydrogen (secondary N) is 1. The molecule has 19 heavy (non-hydrogen) atoms. The number of aryl methyl sites for hydroxylation is 2. The van der Waals surface area contributed by atoms with E-state index >= 15 is 0 Å². The van der Waals surface area contributed by atoms with Gasteiger partial charge < -0.3 is 22.1 Å². The van der Waals surface area contributed by atoms with Gasteiger partial charge in [0.05, 0.1) is 12.5 Å². The fourth-order valence-electron chi connectivity index (χ4n) is 2.60. The van der Waals surface area contributed by atoms with Crippen molar-refractivity contribution in [2.24, 2.45) is 0 Å². The number of nitrogens with zero attached hydrogens (tertiary/aromatic N) is 1. The number of fused-ring (bicyclic) bond motifs is 3. The van der Waals surface area contributed by atoms with Crippen molar-refractivity contribution in [3.63, 3.8) is 0 Å².